The van der Waals surface area contributed by atoms with Gasteiger partial charge in [-0.1, -0.05) is 44.0 Å². The molecule has 0 aliphatic heterocycles. The normalized spacial score (nSPS) is 26.9. The van der Waals surface area contributed by atoms with Gasteiger partial charge in [-0.15, -0.1) is 0 Å². The first-order valence-corrected chi connectivity index (χ1v) is 6.53. The maximum atomic E-state index is 6.42. The Bertz CT molecular complexity index is 345. The van der Waals surface area contributed by atoms with Crippen LogP contribution in [0.15, 0.2) is 24.3 Å². The zero-order chi connectivity index (χ0) is 11.5. The number of aryl methyl sites for hydroxylation is 1. The largest absolute Gasteiger partial charge is 0.324 e. The van der Waals surface area contributed by atoms with Gasteiger partial charge in [0.05, 0.1) is 0 Å². The van der Waals surface area contributed by atoms with Crippen LogP contribution in [0.25, 0.3) is 0 Å². The molecule has 1 heteroatoms. The summed E-state index contributed by atoms with van der Waals surface area (Å²) in [6, 6.07) is 8.81. The standard InChI is InChI=1S/C15H23N/c1-3-12-8-9-13(10-12)15(16)14-7-5-4-6-11(14)2/h4-7,12-13,15H,3,8-10,16H2,1-2H3. The fourth-order valence-electron chi connectivity index (χ4n) is 3.03. The predicted molar refractivity (Wildman–Crippen MR) is 69.2 cm³/mol. The minimum absolute atomic E-state index is 0.248. The first kappa shape index (κ1) is 11.7. The number of nitrogens with two attached hydrogens (primary N) is 1. The van der Waals surface area contributed by atoms with Crippen LogP contribution in [0.4, 0.5) is 0 Å². The van der Waals surface area contributed by atoms with Crippen molar-refractivity contribution in [1.82, 2.24) is 0 Å². The molecular weight excluding hydrogens is 194 g/mol. The second kappa shape index (κ2) is 5.01. The number of benzene rings is 1. The Kier molecular flexibility index (Phi) is 3.65. The molecule has 1 fully saturated rings. The summed E-state index contributed by atoms with van der Waals surface area (Å²) >= 11 is 0. The molecule has 2 rings (SSSR count). The van der Waals surface area contributed by atoms with Crippen molar-refractivity contribution in [2.75, 3.05) is 0 Å². The molecule has 0 radical (unpaired) electrons. The molecule has 1 saturated carbocycles. The smallest absolute Gasteiger partial charge is 0.0326 e. The topological polar surface area (TPSA) is 26.0 Å². The molecule has 16 heavy (non-hydrogen) atoms. The third-order valence-electron chi connectivity index (χ3n) is 4.21. The van der Waals surface area contributed by atoms with E-state index in [4.69, 9.17) is 5.73 Å². The highest BCUT2D eigenvalue weighted by atomic mass is 14.7. The van der Waals surface area contributed by atoms with Crippen LogP contribution in [0.3, 0.4) is 0 Å². The van der Waals surface area contributed by atoms with E-state index in [0.717, 1.165) is 5.92 Å². The molecule has 3 unspecified atom stereocenters. The molecule has 1 aromatic rings. The lowest BCUT2D eigenvalue weighted by atomic mass is 9.89. The SMILES string of the molecule is CCC1CCC(C(N)c2ccccc2C)C1. The van der Waals surface area contributed by atoms with E-state index in [9.17, 15) is 0 Å². The molecule has 1 aromatic carbocycles. The van der Waals surface area contributed by atoms with Crippen LogP contribution in [0, 0.1) is 18.8 Å². The van der Waals surface area contributed by atoms with E-state index in [-0.39, 0.29) is 6.04 Å². The molecule has 88 valence electrons. The fourth-order valence-corrected chi connectivity index (χ4v) is 3.03. The summed E-state index contributed by atoms with van der Waals surface area (Å²) in [4.78, 5) is 0. The average Bonchev–Trinajstić information content (AvgIpc) is 2.77. The average molecular weight is 217 g/mol. The van der Waals surface area contributed by atoms with Crippen molar-refractivity contribution in [3.05, 3.63) is 35.4 Å². The molecule has 1 nitrogen and oxygen atoms in total. The minimum Gasteiger partial charge on any atom is -0.324 e. The molecule has 2 N–H and O–H groups in total. The molecule has 0 heterocycles. The van der Waals surface area contributed by atoms with Gasteiger partial charge in [0.25, 0.3) is 0 Å². The van der Waals surface area contributed by atoms with E-state index in [0.29, 0.717) is 5.92 Å². The van der Waals surface area contributed by atoms with Gasteiger partial charge >= 0.3 is 0 Å². The number of hydrogen-bond acceptors (Lipinski definition) is 1. The third-order valence-corrected chi connectivity index (χ3v) is 4.21. The van der Waals surface area contributed by atoms with Crippen molar-refractivity contribution in [2.45, 2.75) is 45.6 Å². The Balaban J connectivity index is 2.08. The summed E-state index contributed by atoms with van der Waals surface area (Å²) in [5.74, 6) is 1.62. The zero-order valence-electron chi connectivity index (χ0n) is 10.4. The number of rotatable bonds is 3. The summed E-state index contributed by atoms with van der Waals surface area (Å²) in [5, 5.41) is 0. The molecule has 1 aliphatic rings. The van der Waals surface area contributed by atoms with Crippen LogP contribution >= 0.6 is 0 Å². The van der Waals surface area contributed by atoms with Crippen molar-refractivity contribution < 1.29 is 0 Å². The molecule has 1 aliphatic carbocycles. The summed E-state index contributed by atoms with van der Waals surface area (Å²) in [6.45, 7) is 4.47. The van der Waals surface area contributed by atoms with E-state index < -0.39 is 0 Å². The van der Waals surface area contributed by atoms with Crippen LogP contribution in [0.2, 0.25) is 0 Å². The quantitative estimate of drug-likeness (QED) is 0.818. The molecule has 0 aromatic heterocycles. The lowest BCUT2D eigenvalue weighted by molar-refractivity contribution is 0.415. The van der Waals surface area contributed by atoms with Gasteiger partial charge in [-0.3, -0.25) is 0 Å². The van der Waals surface area contributed by atoms with Crippen LogP contribution in [-0.2, 0) is 0 Å². The highest BCUT2D eigenvalue weighted by Gasteiger charge is 2.29. The van der Waals surface area contributed by atoms with Crippen LogP contribution < -0.4 is 5.73 Å². The van der Waals surface area contributed by atoms with Gasteiger partial charge in [0.2, 0.25) is 0 Å². The molecule has 3 atom stereocenters. The Morgan fingerprint density at radius 3 is 2.69 bits per heavy atom. The summed E-state index contributed by atoms with van der Waals surface area (Å²) in [5.41, 5.74) is 9.11. The van der Waals surface area contributed by atoms with Crippen LogP contribution in [0.1, 0.15) is 49.8 Å². The fraction of sp³-hybridized carbons (Fsp3) is 0.600. The van der Waals surface area contributed by atoms with Crippen molar-refractivity contribution in [2.24, 2.45) is 17.6 Å². The Hall–Kier alpha value is -0.820. The first-order valence-electron chi connectivity index (χ1n) is 6.53. The van der Waals surface area contributed by atoms with E-state index >= 15 is 0 Å². The van der Waals surface area contributed by atoms with Crippen molar-refractivity contribution in [3.8, 4) is 0 Å². The lowest BCUT2D eigenvalue weighted by Gasteiger charge is -2.21. The second-order valence-corrected chi connectivity index (χ2v) is 5.23. The Morgan fingerprint density at radius 1 is 1.31 bits per heavy atom. The number of hydrogen-bond donors (Lipinski definition) is 1. The van der Waals surface area contributed by atoms with E-state index in [1.165, 1.54) is 36.8 Å². The zero-order valence-corrected chi connectivity index (χ0v) is 10.4. The maximum Gasteiger partial charge on any atom is 0.0326 e. The maximum absolute atomic E-state index is 6.42. The van der Waals surface area contributed by atoms with Crippen molar-refractivity contribution >= 4 is 0 Å². The molecule has 0 amide bonds. The van der Waals surface area contributed by atoms with E-state index in [2.05, 4.69) is 38.1 Å². The predicted octanol–water partition coefficient (Wildman–Crippen LogP) is 3.82. The summed E-state index contributed by atoms with van der Waals surface area (Å²) in [7, 11) is 0. The lowest BCUT2D eigenvalue weighted by Crippen LogP contribution is -2.20. The van der Waals surface area contributed by atoms with Crippen molar-refractivity contribution in [1.29, 1.82) is 0 Å². The molecule has 0 bridgehead atoms. The molecule has 0 saturated heterocycles. The highest BCUT2D eigenvalue weighted by Crippen LogP contribution is 2.39. The van der Waals surface area contributed by atoms with Gasteiger partial charge in [0.15, 0.2) is 0 Å². The monoisotopic (exact) mass is 217 g/mol. The van der Waals surface area contributed by atoms with Gasteiger partial charge in [0.1, 0.15) is 0 Å². The van der Waals surface area contributed by atoms with E-state index in [1.54, 1.807) is 0 Å². The second-order valence-electron chi connectivity index (χ2n) is 5.23. The van der Waals surface area contributed by atoms with Gasteiger partial charge in [-0.25, -0.2) is 0 Å². The van der Waals surface area contributed by atoms with Crippen LogP contribution in [0.5, 0.6) is 0 Å². The Labute approximate surface area is 99.0 Å². The molecular formula is C15H23N. The highest BCUT2D eigenvalue weighted by molar-refractivity contribution is 5.29. The third kappa shape index (κ3) is 2.30. The first-order chi connectivity index (χ1) is 7.72. The molecule has 0 spiro atoms. The van der Waals surface area contributed by atoms with Gasteiger partial charge < -0.3 is 5.73 Å². The minimum atomic E-state index is 0.248. The van der Waals surface area contributed by atoms with Gasteiger partial charge in [-0.2, -0.15) is 0 Å². The summed E-state index contributed by atoms with van der Waals surface area (Å²) < 4.78 is 0. The van der Waals surface area contributed by atoms with Gasteiger partial charge in [0, 0.05) is 6.04 Å². The van der Waals surface area contributed by atoms with Crippen LogP contribution in [-0.4, -0.2) is 0 Å². The van der Waals surface area contributed by atoms with E-state index in [1.807, 2.05) is 0 Å². The summed E-state index contributed by atoms with van der Waals surface area (Å²) in [6.07, 6.45) is 5.33. The Morgan fingerprint density at radius 2 is 2.06 bits per heavy atom. The van der Waals surface area contributed by atoms with Gasteiger partial charge in [-0.05, 0) is 42.7 Å². The van der Waals surface area contributed by atoms with Crippen molar-refractivity contribution in [3.63, 3.8) is 0 Å².